The van der Waals surface area contributed by atoms with E-state index in [1.165, 1.54) is 0 Å². The highest BCUT2D eigenvalue weighted by Crippen LogP contribution is 2.28. The Morgan fingerprint density at radius 2 is 1.73 bits per heavy atom. The van der Waals surface area contributed by atoms with Crippen molar-refractivity contribution in [3.63, 3.8) is 0 Å². The van der Waals surface area contributed by atoms with Crippen LogP contribution in [0, 0.1) is 6.92 Å². The van der Waals surface area contributed by atoms with Crippen LogP contribution in [0.1, 0.15) is 21.6 Å². The summed E-state index contributed by atoms with van der Waals surface area (Å²) in [5.41, 5.74) is 9.04. The summed E-state index contributed by atoms with van der Waals surface area (Å²) in [6.07, 6.45) is 0. The maximum atomic E-state index is 13.4. The first kappa shape index (κ1) is 20.1. The minimum absolute atomic E-state index is 0.0283. The zero-order valence-corrected chi connectivity index (χ0v) is 17.1. The van der Waals surface area contributed by atoms with E-state index in [4.69, 9.17) is 10.5 Å². The molecule has 0 spiro atoms. The Balaban J connectivity index is 1.64. The van der Waals surface area contributed by atoms with Gasteiger partial charge in [-0.2, -0.15) is 0 Å². The number of aromatic nitrogens is 1. The van der Waals surface area contributed by atoms with E-state index in [0.29, 0.717) is 11.3 Å². The average Bonchev–Trinajstić information content (AvgIpc) is 3.04. The summed E-state index contributed by atoms with van der Waals surface area (Å²) >= 11 is 0. The van der Waals surface area contributed by atoms with Gasteiger partial charge in [-0.15, -0.1) is 0 Å². The molecule has 0 aliphatic carbocycles. The molecular weight excluding hydrogens is 380 g/mol. The molecule has 1 fully saturated rings. The zero-order chi connectivity index (χ0) is 21.1. The Morgan fingerprint density at radius 1 is 1.03 bits per heavy atom. The van der Waals surface area contributed by atoms with Crippen molar-refractivity contribution in [2.75, 3.05) is 38.2 Å². The van der Waals surface area contributed by atoms with Crippen LogP contribution >= 0.6 is 0 Å². The summed E-state index contributed by atoms with van der Waals surface area (Å²) in [6.45, 7) is 7.18. The highest BCUT2D eigenvalue weighted by Gasteiger charge is 2.21. The molecule has 4 rings (SSSR count). The topological polar surface area (TPSA) is 89.6 Å². The van der Waals surface area contributed by atoms with Gasteiger partial charge >= 0.3 is 6.03 Å². The second kappa shape index (κ2) is 8.69. The second-order valence-corrected chi connectivity index (χ2v) is 7.48. The van der Waals surface area contributed by atoms with Gasteiger partial charge in [0.15, 0.2) is 5.78 Å². The van der Waals surface area contributed by atoms with Crippen LogP contribution in [0.4, 0.5) is 10.5 Å². The molecule has 3 aromatic rings. The van der Waals surface area contributed by atoms with Crippen molar-refractivity contribution in [1.29, 1.82) is 0 Å². The number of urea groups is 1. The zero-order valence-electron chi connectivity index (χ0n) is 17.1. The van der Waals surface area contributed by atoms with Crippen LogP contribution < -0.4 is 11.1 Å². The Hall–Kier alpha value is -3.16. The fourth-order valence-corrected chi connectivity index (χ4v) is 4.06. The number of ether oxygens (including phenoxy) is 1. The molecule has 156 valence electrons. The Bertz CT molecular complexity index is 1070. The number of para-hydroxylation sites is 1. The molecule has 30 heavy (non-hydrogen) atoms. The SMILES string of the molecule is Cc1c(C(=O)c2ccc(NC(N)=O)cc2)c2ccccc2n1CCN1CCOCC1. The van der Waals surface area contributed by atoms with Crippen LogP contribution in [0.2, 0.25) is 0 Å². The van der Waals surface area contributed by atoms with E-state index >= 15 is 0 Å². The second-order valence-electron chi connectivity index (χ2n) is 7.48. The number of rotatable bonds is 6. The molecule has 2 aromatic carbocycles. The van der Waals surface area contributed by atoms with Gasteiger partial charge in [0.1, 0.15) is 0 Å². The van der Waals surface area contributed by atoms with E-state index in [2.05, 4.69) is 20.9 Å². The molecule has 0 bridgehead atoms. The highest BCUT2D eigenvalue weighted by molar-refractivity contribution is 6.17. The third-order valence-corrected chi connectivity index (χ3v) is 5.62. The first-order valence-corrected chi connectivity index (χ1v) is 10.1. The molecule has 2 amide bonds. The third-order valence-electron chi connectivity index (χ3n) is 5.62. The van der Waals surface area contributed by atoms with Crippen molar-refractivity contribution in [2.45, 2.75) is 13.5 Å². The number of nitrogens with two attached hydrogens (primary N) is 1. The lowest BCUT2D eigenvalue weighted by Crippen LogP contribution is -2.38. The molecule has 0 unspecified atom stereocenters. The number of ketones is 1. The number of nitrogens with one attached hydrogen (secondary N) is 1. The van der Waals surface area contributed by atoms with Crippen molar-refractivity contribution in [3.05, 3.63) is 65.4 Å². The molecule has 1 aromatic heterocycles. The molecule has 7 nitrogen and oxygen atoms in total. The minimum Gasteiger partial charge on any atom is -0.379 e. The molecule has 0 saturated carbocycles. The molecule has 1 aliphatic rings. The Morgan fingerprint density at radius 3 is 2.43 bits per heavy atom. The van der Waals surface area contributed by atoms with Crippen LogP contribution in [-0.2, 0) is 11.3 Å². The first-order valence-electron chi connectivity index (χ1n) is 10.1. The van der Waals surface area contributed by atoms with Crippen molar-refractivity contribution >= 4 is 28.4 Å². The van der Waals surface area contributed by atoms with E-state index in [1.54, 1.807) is 24.3 Å². The maximum Gasteiger partial charge on any atom is 0.316 e. The van der Waals surface area contributed by atoms with Gasteiger partial charge in [-0.1, -0.05) is 18.2 Å². The summed E-state index contributed by atoms with van der Waals surface area (Å²) in [5.74, 6) is -0.0283. The fourth-order valence-electron chi connectivity index (χ4n) is 4.06. The molecule has 1 saturated heterocycles. The van der Waals surface area contributed by atoms with Crippen LogP contribution in [0.3, 0.4) is 0 Å². The maximum absolute atomic E-state index is 13.4. The van der Waals surface area contributed by atoms with Crippen LogP contribution in [0.15, 0.2) is 48.5 Å². The molecule has 7 heteroatoms. The van der Waals surface area contributed by atoms with Crippen LogP contribution in [-0.4, -0.2) is 54.1 Å². The van der Waals surface area contributed by atoms with Gasteiger partial charge < -0.3 is 20.4 Å². The number of carbonyl (C=O) groups is 2. The number of carbonyl (C=O) groups excluding carboxylic acids is 2. The summed E-state index contributed by atoms with van der Waals surface area (Å²) in [6, 6.07) is 14.2. The summed E-state index contributed by atoms with van der Waals surface area (Å²) in [4.78, 5) is 26.8. The van der Waals surface area contributed by atoms with Gasteiger partial charge in [0, 0.05) is 54.0 Å². The monoisotopic (exact) mass is 406 g/mol. The van der Waals surface area contributed by atoms with E-state index in [0.717, 1.165) is 61.6 Å². The number of nitrogens with zero attached hydrogens (tertiary/aromatic N) is 2. The van der Waals surface area contributed by atoms with Gasteiger partial charge in [0.25, 0.3) is 0 Å². The number of primary amides is 1. The minimum atomic E-state index is -0.631. The smallest absolute Gasteiger partial charge is 0.316 e. The molecule has 1 aliphatic heterocycles. The van der Waals surface area contributed by atoms with Gasteiger partial charge in [-0.3, -0.25) is 9.69 Å². The van der Waals surface area contributed by atoms with E-state index < -0.39 is 6.03 Å². The summed E-state index contributed by atoms with van der Waals surface area (Å²) in [5, 5.41) is 3.47. The number of amides is 2. The number of anilines is 1. The third kappa shape index (κ3) is 4.08. The van der Waals surface area contributed by atoms with E-state index in [-0.39, 0.29) is 5.78 Å². The number of morpholine rings is 1. The fraction of sp³-hybridized carbons (Fsp3) is 0.304. The predicted molar refractivity (Wildman–Crippen MR) is 117 cm³/mol. The van der Waals surface area contributed by atoms with Crippen molar-refractivity contribution < 1.29 is 14.3 Å². The lowest BCUT2D eigenvalue weighted by Gasteiger charge is -2.27. The average molecular weight is 406 g/mol. The number of benzene rings is 2. The molecule has 0 radical (unpaired) electrons. The van der Waals surface area contributed by atoms with Crippen LogP contribution in [0.5, 0.6) is 0 Å². The lowest BCUT2D eigenvalue weighted by molar-refractivity contribution is 0.0365. The van der Waals surface area contributed by atoms with Crippen LogP contribution in [0.25, 0.3) is 10.9 Å². The van der Waals surface area contributed by atoms with Crippen molar-refractivity contribution in [3.8, 4) is 0 Å². The number of fused-ring (bicyclic) bond motifs is 1. The normalized spacial score (nSPS) is 14.7. The standard InChI is InChI=1S/C23H26N4O3/c1-16-21(22(28)17-6-8-18(9-7-17)25-23(24)29)19-4-2-3-5-20(19)27(16)11-10-26-12-14-30-15-13-26/h2-9H,10-15H2,1H3,(H3,24,25,29). The number of hydrogen-bond acceptors (Lipinski definition) is 4. The highest BCUT2D eigenvalue weighted by atomic mass is 16.5. The molecule has 3 N–H and O–H groups in total. The van der Waals surface area contributed by atoms with Gasteiger partial charge in [-0.25, -0.2) is 4.79 Å². The summed E-state index contributed by atoms with van der Waals surface area (Å²) < 4.78 is 7.67. The molecule has 2 heterocycles. The Kier molecular flexibility index (Phi) is 5.83. The van der Waals surface area contributed by atoms with Gasteiger partial charge in [0.05, 0.1) is 18.8 Å². The van der Waals surface area contributed by atoms with E-state index in [9.17, 15) is 9.59 Å². The largest absolute Gasteiger partial charge is 0.379 e. The van der Waals surface area contributed by atoms with Crippen molar-refractivity contribution in [2.24, 2.45) is 5.73 Å². The number of hydrogen-bond donors (Lipinski definition) is 2. The molecular formula is C23H26N4O3. The van der Waals surface area contributed by atoms with Gasteiger partial charge in [-0.05, 0) is 37.3 Å². The Labute approximate surface area is 175 Å². The lowest BCUT2D eigenvalue weighted by atomic mass is 10.0. The van der Waals surface area contributed by atoms with Gasteiger partial charge in [0.2, 0.25) is 0 Å². The molecule has 0 atom stereocenters. The van der Waals surface area contributed by atoms with Crippen molar-refractivity contribution in [1.82, 2.24) is 9.47 Å². The first-order chi connectivity index (χ1) is 14.5. The predicted octanol–water partition coefficient (Wildman–Crippen LogP) is 3.00. The summed E-state index contributed by atoms with van der Waals surface area (Å²) in [7, 11) is 0. The van der Waals surface area contributed by atoms with E-state index in [1.807, 2.05) is 25.1 Å². The quantitative estimate of drug-likeness (QED) is 0.616.